The van der Waals surface area contributed by atoms with Crippen LogP contribution in [0.25, 0.3) is 0 Å². The average Bonchev–Trinajstić information content (AvgIpc) is 2.14. The summed E-state index contributed by atoms with van der Waals surface area (Å²) in [5.74, 6) is 0.476. The van der Waals surface area contributed by atoms with Gasteiger partial charge in [0.25, 0.3) is 0 Å². The van der Waals surface area contributed by atoms with E-state index in [-0.39, 0.29) is 18.0 Å². The van der Waals surface area contributed by atoms with E-state index in [4.69, 9.17) is 9.84 Å². The van der Waals surface area contributed by atoms with Crippen molar-refractivity contribution < 1.29 is 14.6 Å². The second kappa shape index (κ2) is 6.83. The summed E-state index contributed by atoms with van der Waals surface area (Å²) >= 11 is 0. The molecule has 0 aliphatic carbocycles. The highest BCUT2D eigenvalue weighted by Gasteiger charge is 2.18. The highest BCUT2D eigenvalue weighted by molar-refractivity contribution is 5.69. The third kappa shape index (κ3) is 8.43. The van der Waals surface area contributed by atoms with Crippen LogP contribution in [-0.2, 0) is 9.53 Å². The highest BCUT2D eigenvalue weighted by atomic mass is 16.5. The van der Waals surface area contributed by atoms with Gasteiger partial charge in [-0.2, -0.15) is 0 Å². The molecule has 0 amide bonds. The van der Waals surface area contributed by atoms with Crippen LogP contribution in [0.4, 0.5) is 0 Å². The quantitative estimate of drug-likeness (QED) is 0.665. The van der Waals surface area contributed by atoms with Gasteiger partial charge in [0.1, 0.15) is 0 Å². The lowest BCUT2D eigenvalue weighted by Gasteiger charge is -2.20. The van der Waals surface area contributed by atoms with E-state index >= 15 is 0 Å². The molecule has 3 nitrogen and oxygen atoms in total. The lowest BCUT2D eigenvalue weighted by Crippen LogP contribution is -2.25. The van der Waals surface area contributed by atoms with Gasteiger partial charge >= 0.3 is 5.97 Å². The van der Waals surface area contributed by atoms with E-state index in [9.17, 15) is 4.79 Å². The van der Waals surface area contributed by atoms with E-state index in [1.54, 1.807) is 0 Å². The first-order chi connectivity index (χ1) is 6.87. The summed E-state index contributed by atoms with van der Waals surface area (Å²) < 4.78 is 5.08. The third-order valence-corrected chi connectivity index (χ3v) is 2.21. The molecule has 3 heteroatoms. The predicted molar refractivity (Wildman–Crippen MR) is 60.5 cm³/mol. The average molecular weight is 216 g/mol. The molecule has 0 aromatic carbocycles. The molecular weight excluding hydrogens is 192 g/mol. The molecule has 0 aromatic heterocycles. The fourth-order valence-corrected chi connectivity index (χ4v) is 1.05. The van der Waals surface area contributed by atoms with Crippen LogP contribution in [0.3, 0.4) is 0 Å². The molecule has 0 saturated heterocycles. The second-order valence-electron chi connectivity index (χ2n) is 5.27. The summed E-state index contributed by atoms with van der Waals surface area (Å²) in [7, 11) is 0. The molecule has 0 spiro atoms. The predicted octanol–water partition coefficient (Wildman–Crippen LogP) is 2.37. The third-order valence-electron chi connectivity index (χ3n) is 2.21. The minimum atomic E-state index is -0.326. The molecule has 0 saturated carbocycles. The van der Waals surface area contributed by atoms with Gasteiger partial charge < -0.3 is 9.84 Å². The van der Waals surface area contributed by atoms with Gasteiger partial charge in [-0.3, -0.25) is 4.79 Å². The Morgan fingerprint density at radius 1 is 1.40 bits per heavy atom. The van der Waals surface area contributed by atoms with Gasteiger partial charge in [-0.05, 0) is 12.3 Å². The van der Waals surface area contributed by atoms with Crippen LogP contribution in [-0.4, -0.2) is 24.3 Å². The van der Waals surface area contributed by atoms with Gasteiger partial charge in [0.15, 0.2) is 0 Å². The molecule has 0 atom stereocenters. The van der Waals surface area contributed by atoms with Gasteiger partial charge in [-0.1, -0.05) is 34.1 Å². The van der Waals surface area contributed by atoms with E-state index in [1.807, 2.05) is 13.8 Å². The molecule has 1 N–H and O–H groups in total. The molecule has 0 bridgehead atoms. The molecular formula is C12H24O3. The number of carbonyl (C=O) groups is 1. The summed E-state index contributed by atoms with van der Waals surface area (Å²) in [6, 6.07) is 0. The van der Waals surface area contributed by atoms with E-state index in [0.29, 0.717) is 18.9 Å². The smallest absolute Gasteiger partial charge is 0.305 e. The maximum atomic E-state index is 11.3. The first-order valence-corrected chi connectivity index (χ1v) is 5.64. The molecule has 15 heavy (non-hydrogen) atoms. The molecule has 0 aromatic rings. The van der Waals surface area contributed by atoms with Gasteiger partial charge in [0.05, 0.1) is 13.2 Å². The Balaban J connectivity index is 3.58. The number of ether oxygens (including phenoxy) is 1. The minimum Gasteiger partial charge on any atom is -0.465 e. The Hall–Kier alpha value is -0.570. The van der Waals surface area contributed by atoms with Crippen molar-refractivity contribution in [2.45, 2.75) is 47.0 Å². The molecule has 0 radical (unpaired) electrons. The summed E-state index contributed by atoms with van der Waals surface area (Å²) in [6.45, 7) is 8.35. The monoisotopic (exact) mass is 216 g/mol. The van der Waals surface area contributed by atoms with Gasteiger partial charge in [-0.25, -0.2) is 0 Å². The van der Waals surface area contributed by atoms with E-state index < -0.39 is 0 Å². The molecule has 0 fully saturated rings. The Bertz CT molecular complexity index is 185. The number of aliphatic hydroxyl groups excluding tert-OH is 1. The second-order valence-corrected chi connectivity index (χ2v) is 5.27. The SMILES string of the molecule is CC(C)CCCC(=O)OCC(C)(C)CO. The number of hydrogen-bond acceptors (Lipinski definition) is 3. The van der Waals surface area contributed by atoms with Crippen LogP contribution in [0.5, 0.6) is 0 Å². The zero-order valence-corrected chi connectivity index (χ0v) is 10.4. The summed E-state index contributed by atoms with van der Waals surface area (Å²) in [4.78, 5) is 11.3. The Morgan fingerprint density at radius 2 is 2.00 bits per heavy atom. The van der Waals surface area contributed by atoms with Crippen LogP contribution < -0.4 is 0 Å². The Morgan fingerprint density at radius 3 is 2.47 bits per heavy atom. The number of rotatable bonds is 7. The first-order valence-electron chi connectivity index (χ1n) is 5.64. The minimum absolute atomic E-state index is 0.0340. The van der Waals surface area contributed by atoms with Crippen molar-refractivity contribution in [1.82, 2.24) is 0 Å². The molecule has 90 valence electrons. The van der Waals surface area contributed by atoms with Crippen molar-refractivity contribution in [1.29, 1.82) is 0 Å². The van der Waals surface area contributed by atoms with Crippen LogP contribution in [0.2, 0.25) is 0 Å². The van der Waals surface area contributed by atoms with Crippen molar-refractivity contribution in [3.8, 4) is 0 Å². The van der Waals surface area contributed by atoms with Crippen molar-refractivity contribution in [2.24, 2.45) is 11.3 Å². The molecule has 0 unspecified atom stereocenters. The van der Waals surface area contributed by atoms with Gasteiger partial charge in [0.2, 0.25) is 0 Å². The standard InChI is InChI=1S/C12H24O3/c1-10(2)6-5-7-11(14)15-9-12(3,4)8-13/h10,13H,5-9H2,1-4H3. The van der Waals surface area contributed by atoms with E-state index in [0.717, 1.165) is 12.8 Å². The van der Waals surface area contributed by atoms with Gasteiger partial charge in [-0.15, -0.1) is 0 Å². The van der Waals surface area contributed by atoms with Crippen LogP contribution in [0.15, 0.2) is 0 Å². The maximum absolute atomic E-state index is 11.3. The zero-order chi connectivity index (χ0) is 11.9. The molecule has 0 heterocycles. The fourth-order valence-electron chi connectivity index (χ4n) is 1.05. The lowest BCUT2D eigenvalue weighted by atomic mass is 9.96. The number of esters is 1. The van der Waals surface area contributed by atoms with E-state index in [2.05, 4.69) is 13.8 Å². The fraction of sp³-hybridized carbons (Fsp3) is 0.917. The molecule has 0 aliphatic rings. The van der Waals surface area contributed by atoms with Gasteiger partial charge in [0, 0.05) is 11.8 Å². The van der Waals surface area contributed by atoms with E-state index in [1.165, 1.54) is 0 Å². The Kier molecular flexibility index (Phi) is 6.57. The van der Waals surface area contributed by atoms with Crippen LogP contribution in [0.1, 0.15) is 47.0 Å². The summed E-state index contributed by atoms with van der Waals surface area (Å²) in [5, 5.41) is 8.96. The van der Waals surface area contributed by atoms with Crippen molar-refractivity contribution in [3.05, 3.63) is 0 Å². The Labute approximate surface area is 92.8 Å². The first kappa shape index (κ1) is 14.4. The van der Waals surface area contributed by atoms with Crippen LogP contribution in [0, 0.1) is 11.3 Å². The van der Waals surface area contributed by atoms with Crippen molar-refractivity contribution in [2.75, 3.05) is 13.2 Å². The number of hydrogen-bond donors (Lipinski definition) is 1. The normalized spacial score (nSPS) is 11.9. The summed E-state index contributed by atoms with van der Waals surface area (Å²) in [6.07, 6.45) is 2.42. The van der Waals surface area contributed by atoms with Crippen molar-refractivity contribution >= 4 is 5.97 Å². The van der Waals surface area contributed by atoms with Crippen molar-refractivity contribution in [3.63, 3.8) is 0 Å². The molecule has 0 aliphatic heterocycles. The van der Waals surface area contributed by atoms with Crippen LogP contribution >= 0.6 is 0 Å². The maximum Gasteiger partial charge on any atom is 0.305 e. The number of carbonyl (C=O) groups excluding carboxylic acids is 1. The summed E-state index contributed by atoms with van der Waals surface area (Å²) in [5.41, 5.74) is -0.326. The topological polar surface area (TPSA) is 46.5 Å². The lowest BCUT2D eigenvalue weighted by molar-refractivity contribution is -0.147. The number of aliphatic hydroxyl groups is 1. The largest absolute Gasteiger partial charge is 0.465 e. The zero-order valence-electron chi connectivity index (χ0n) is 10.4. The highest BCUT2D eigenvalue weighted by Crippen LogP contribution is 2.14. The molecule has 0 rings (SSSR count).